The molecule has 6 nitrogen and oxygen atoms in total. The maximum atomic E-state index is 12.5. The number of benzene rings is 2. The highest BCUT2D eigenvalue weighted by Crippen LogP contribution is 2.29. The minimum Gasteiger partial charge on any atom is -0.497 e. The number of ether oxygens (including phenoxy) is 2. The van der Waals surface area contributed by atoms with Crippen LogP contribution in [0.3, 0.4) is 0 Å². The number of carbonyl (C=O) groups is 1. The van der Waals surface area contributed by atoms with Crippen LogP contribution in [0.15, 0.2) is 48.5 Å². The van der Waals surface area contributed by atoms with Crippen LogP contribution >= 0.6 is 0 Å². The van der Waals surface area contributed by atoms with Gasteiger partial charge in [0.05, 0.1) is 19.9 Å². The maximum absolute atomic E-state index is 12.5. The molecule has 0 saturated carbocycles. The largest absolute Gasteiger partial charge is 0.497 e. The predicted octanol–water partition coefficient (Wildman–Crippen LogP) is 3.58. The van der Waals surface area contributed by atoms with Gasteiger partial charge in [-0.05, 0) is 30.7 Å². The van der Waals surface area contributed by atoms with E-state index in [1.54, 1.807) is 38.5 Å². The number of aryl methyl sites for hydroxylation is 1. The standard InChI is InChI=1S/C20H21N3O3/c1-13-4-6-14(7-5-13)10-15-11-18(23-22-15)20(24)21-17-9-8-16(25-2)12-19(17)26-3/h4-9,11-12H,10H2,1-3H3,(H,21,24)(H,22,23). The SMILES string of the molecule is COc1ccc(NC(=O)c2cc(Cc3ccc(C)cc3)[nH]n2)c(OC)c1. The highest BCUT2D eigenvalue weighted by atomic mass is 16.5. The van der Waals surface area contributed by atoms with Crippen molar-refractivity contribution in [3.8, 4) is 11.5 Å². The summed E-state index contributed by atoms with van der Waals surface area (Å²) in [6.45, 7) is 2.05. The van der Waals surface area contributed by atoms with E-state index in [0.717, 1.165) is 11.3 Å². The fourth-order valence-electron chi connectivity index (χ4n) is 2.58. The summed E-state index contributed by atoms with van der Waals surface area (Å²) in [5, 5.41) is 9.84. The second-order valence-corrected chi connectivity index (χ2v) is 5.96. The van der Waals surface area contributed by atoms with Gasteiger partial charge in [0.15, 0.2) is 5.69 Å². The first-order chi connectivity index (χ1) is 12.6. The van der Waals surface area contributed by atoms with Crippen LogP contribution < -0.4 is 14.8 Å². The molecule has 1 heterocycles. The number of hydrogen-bond acceptors (Lipinski definition) is 4. The maximum Gasteiger partial charge on any atom is 0.276 e. The zero-order valence-corrected chi connectivity index (χ0v) is 15.0. The molecule has 0 aliphatic rings. The topological polar surface area (TPSA) is 76.2 Å². The summed E-state index contributed by atoms with van der Waals surface area (Å²) in [5.74, 6) is 0.869. The molecule has 134 valence electrons. The Morgan fingerprint density at radius 1 is 1.08 bits per heavy atom. The molecule has 1 aromatic heterocycles. The summed E-state index contributed by atoms with van der Waals surface area (Å²) in [6, 6.07) is 15.2. The lowest BCUT2D eigenvalue weighted by atomic mass is 10.1. The van der Waals surface area contributed by atoms with Crippen molar-refractivity contribution in [2.24, 2.45) is 0 Å². The number of methoxy groups -OCH3 is 2. The van der Waals surface area contributed by atoms with Crippen LogP contribution in [0, 0.1) is 6.92 Å². The monoisotopic (exact) mass is 351 g/mol. The Labute approximate surface area is 152 Å². The quantitative estimate of drug-likeness (QED) is 0.712. The Morgan fingerprint density at radius 2 is 1.85 bits per heavy atom. The first-order valence-electron chi connectivity index (χ1n) is 8.22. The van der Waals surface area contributed by atoms with Crippen LogP contribution in [0.2, 0.25) is 0 Å². The molecule has 0 saturated heterocycles. The van der Waals surface area contributed by atoms with E-state index >= 15 is 0 Å². The van der Waals surface area contributed by atoms with Crippen molar-refractivity contribution < 1.29 is 14.3 Å². The summed E-state index contributed by atoms with van der Waals surface area (Å²) >= 11 is 0. The van der Waals surface area contributed by atoms with Crippen LogP contribution in [0.1, 0.15) is 27.3 Å². The van der Waals surface area contributed by atoms with Gasteiger partial charge in [-0.15, -0.1) is 0 Å². The smallest absolute Gasteiger partial charge is 0.276 e. The second-order valence-electron chi connectivity index (χ2n) is 5.96. The molecule has 0 aliphatic heterocycles. The molecule has 6 heteroatoms. The Hall–Kier alpha value is -3.28. The Balaban J connectivity index is 1.71. The lowest BCUT2D eigenvalue weighted by Crippen LogP contribution is -2.13. The number of carbonyl (C=O) groups excluding carboxylic acids is 1. The first kappa shape index (κ1) is 17.5. The van der Waals surface area contributed by atoms with Crippen LogP contribution in [0.5, 0.6) is 11.5 Å². The van der Waals surface area contributed by atoms with Crippen molar-refractivity contribution in [2.45, 2.75) is 13.3 Å². The van der Waals surface area contributed by atoms with E-state index < -0.39 is 0 Å². The lowest BCUT2D eigenvalue weighted by molar-refractivity contribution is 0.102. The average Bonchev–Trinajstić information content (AvgIpc) is 3.12. The molecule has 1 amide bonds. The summed E-state index contributed by atoms with van der Waals surface area (Å²) < 4.78 is 10.5. The van der Waals surface area contributed by atoms with Crippen LogP contribution in [0.4, 0.5) is 5.69 Å². The van der Waals surface area contributed by atoms with Gasteiger partial charge in [0.25, 0.3) is 5.91 Å². The van der Waals surface area contributed by atoms with Crippen molar-refractivity contribution in [3.63, 3.8) is 0 Å². The Kier molecular flexibility index (Phi) is 5.22. The fourth-order valence-corrected chi connectivity index (χ4v) is 2.58. The first-order valence-corrected chi connectivity index (χ1v) is 8.22. The number of aromatic amines is 1. The number of aromatic nitrogens is 2. The molecule has 3 rings (SSSR count). The third kappa shape index (κ3) is 4.03. The number of hydrogen-bond donors (Lipinski definition) is 2. The Bertz CT molecular complexity index is 901. The number of H-pyrrole nitrogens is 1. The summed E-state index contributed by atoms with van der Waals surface area (Å²) in [6.07, 6.45) is 0.687. The molecule has 0 aliphatic carbocycles. The van der Waals surface area contributed by atoms with Gasteiger partial charge in [-0.3, -0.25) is 9.89 Å². The third-order valence-corrected chi connectivity index (χ3v) is 4.04. The number of nitrogens with zero attached hydrogens (tertiary/aromatic N) is 1. The van der Waals surface area contributed by atoms with Gasteiger partial charge in [0, 0.05) is 18.2 Å². The van der Waals surface area contributed by atoms with Crippen molar-refractivity contribution in [1.82, 2.24) is 10.2 Å². The minimum atomic E-state index is -0.306. The second kappa shape index (κ2) is 7.74. The van der Waals surface area contributed by atoms with Gasteiger partial charge in [0.2, 0.25) is 0 Å². The molecule has 2 N–H and O–H groups in total. The van der Waals surface area contributed by atoms with Crippen LogP contribution in [-0.4, -0.2) is 30.3 Å². The number of anilines is 1. The fraction of sp³-hybridized carbons (Fsp3) is 0.200. The van der Waals surface area contributed by atoms with E-state index in [9.17, 15) is 4.79 Å². The van der Waals surface area contributed by atoms with Gasteiger partial charge < -0.3 is 14.8 Å². The van der Waals surface area contributed by atoms with Crippen LogP contribution in [0.25, 0.3) is 0 Å². The lowest BCUT2D eigenvalue weighted by Gasteiger charge is -2.10. The Morgan fingerprint density at radius 3 is 2.54 bits per heavy atom. The molecule has 0 unspecified atom stereocenters. The van der Waals surface area contributed by atoms with E-state index in [-0.39, 0.29) is 5.91 Å². The van der Waals surface area contributed by atoms with E-state index in [1.165, 1.54) is 5.56 Å². The van der Waals surface area contributed by atoms with Gasteiger partial charge in [-0.1, -0.05) is 29.8 Å². The molecule has 0 fully saturated rings. The summed E-state index contributed by atoms with van der Waals surface area (Å²) in [7, 11) is 3.12. The molecule has 2 aromatic carbocycles. The van der Waals surface area contributed by atoms with Gasteiger partial charge in [-0.2, -0.15) is 5.10 Å². The van der Waals surface area contributed by atoms with E-state index in [1.807, 2.05) is 0 Å². The van der Waals surface area contributed by atoms with Crippen molar-refractivity contribution in [2.75, 3.05) is 19.5 Å². The molecule has 3 aromatic rings. The number of nitrogens with one attached hydrogen (secondary N) is 2. The molecule has 26 heavy (non-hydrogen) atoms. The molecule has 0 radical (unpaired) electrons. The van der Waals surface area contributed by atoms with E-state index in [2.05, 4.69) is 46.7 Å². The number of rotatable bonds is 6. The zero-order valence-electron chi connectivity index (χ0n) is 15.0. The van der Waals surface area contributed by atoms with E-state index in [4.69, 9.17) is 9.47 Å². The number of amides is 1. The predicted molar refractivity (Wildman–Crippen MR) is 100 cm³/mol. The van der Waals surface area contributed by atoms with Crippen molar-refractivity contribution in [3.05, 3.63) is 71.0 Å². The van der Waals surface area contributed by atoms with Crippen molar-refractivity contribution >= 4 is 11.6 Å². The molecule has 0 atom stereocenters. The third-order valence-electron chi connectivity index (χ3n) is 4.04. The molecule has 0 spiro atoms. The average molecular weight is 351 g/mol. The minimum absolute atomic E-state index is 0.306. The van der Waals surface area contributed by atoms with E-state index in [0.29, 0.717) is 29.3 Å². The van der Waals surface area contributed by atoms with Gasteiger partial charge in [-0.25, -0.2) is 0 Å². The highest BCUT2D eigenvalue weighted by molar-refractivity contribution is 6.03. The molecular weight excluding hydrogens is 330 g/mol. The summed E-state index contributed by atoms with van der Waals surface area (Å²) in [4.78, 5) is 12.5. The van der Waals surface area contributed by atoms with Crippen LogP contribution in [-0.2, 0) is 6.42 Å². The normalized spacial score (nSPS) is 10.4. The van der Waals surface area contributed by atoms with Gasteiger partial charge in [0.1, 0.15) is 11.5 Å². The highest BCUT2D eigenvalue weighted by Gasteiger charge is 2.14. The van der Waals surface area contributed by atoms with Crippen molar-refractivity contribution in [1.29, 1.82) is 0 Å². The molecule has 0 bridgehead atoms. The molecular formula is C20H21N3O3. The summed E-state index contributed by atoms with van der Waals surface area (Å²) in [5.41, 5.74) is 4.13. The van der Waals surface area contributed by atoms with Gasteiger partial charge >= 0.3 is 0 Å². The zero-order chi connectivity index (χ0) is 18.5.